The molecule has 1 saturated heterocycles. The van der Waals surface area contributed by atoms with Gasteiger partial charge >= 0.3 is 11.9 Å². The molecule has 142 valence electrons. The summed E-state index contributed by atoms with van der Waals surface area (Å²) in [5, 5.41) is 47.2. The second-order valence-electron chi connectivity index (χ2n) is 6.03. The van der Waals surface area contributed by atoms with Crippen LogP contribution in [0.15, 0.2) is 11.5 Å². The molecule has 0 aliphatic carbocycles. The van der Waals surface area contributed by atoms with E-state index in [2.05, 4.69) is 4.74 Å². The smallest absolute Gasteiger partial charge is 0.377 e. The molecule has 2 rings (SSSR count). The second-order valence-corrected chi connectivity index (χ2v) is 6.03. The zero-order valence-corrected chi connectivity index (χ0v) is 13.5. The average molecular weight is 364 g/mol. The van der Waals surface area contributed by atoms with Gasteiger partial charge in [-0.3, -0.25) is 0 Å². The van der Waals surface area contributed by atoms with Gasteiger partial charge < -0.3 is 44.5 Å². The maximum atomic E-state index is 12.1. The summed E-state index contributed by atoms with van der Waals surface area (Å²) in [4.78, 5) is 23.2. The molecule has 11 nitrogen and oxygen atoms in total. The first kappa shape index (κ1) is 19.4. The van der Waals surface area contributed by atoms with E-state index in [0.717, 1.165) is 0 Å². The third kappa shape index (κ3) is 4.02. The van der Waals surface area contributed by atoms with Crippen molar-refractivity contribution in [3.05, 3.63) is 11.5 Å². The van der Waals surface area contributed by atoms with Crippen molar-refractivity contribution in [1.29, 1.82) is 0 Å². The van der Waals surface area contributed by atoms with Gasteiger partial charge in [0.25, 0.3) is 0 Å². The number of esters is 2. The predicted molar refractivity (Wildman–Crippen MR) is 76.0 cm³/mol. The Bertz CT molecular complexity index is 569. The van der Waals surface area contributed by atoms with Crippen LogP contribution in [-0.2, 0) is 28.5 Å². The highest BCUT2D eigenvalue weighted by atomic mass is 16.8. The van der Waals surface area contributed by atoms with Crippen LogP contribution in [0.25, 0.3) is 0 Å². The van der Waals surface area contributed by atoms with Crippen molar-refractivity contribution in [2.75, 3.05) is 13.2 Å². The Morgan fingerprint density at radius 2 is 1.88 bits per heavy atom. The molecular formula is C14H20O11. The summed E-state index contributed by atoms with van der Waals surface area (Å²) in [6.45, 7) is 1.62. The van der Waals surface area contributed by atoms with Gasteiger partial charge in [-0.05, 0) is 13.8 Å². The molecule has 0 amide bonds. The number of aliphatic hydroxyl groups excluding tert-OH is 5. The molecule has 2 aliphatic heterocycles. The van der Waals surface area contributed by atoms with Crippen LogP contribution in [0.3, 0.4) is 0 Å². The van der Waals surface area contributed by atoms with E-state index in [1.807, 2.05) is 0 Å². The number of aliphatic hydroxyl groups is 5. The zero-order valence-electron chi connectivity index (χ0n) is 13.5. The van der Waals surface area contributed by atoms with Crippen LogP contribution < -0.4 is 0 Å². The highest BCUT2D eigenvalue weighted by Gasteiger charge is 2.49. The Morgan fingerprint density at radius 1 is 1.24 bits per heavy atom. The third-order valence-corrected chi connectivity index (χ3v) is 3.61. The molecule has 5 atom stereocenters. The zero-order chi connectivity index (χ0) is 18.9. The van der Waals surface area contributed by atoms with Crippen molar-refractivity contribution >= 4 is 11.9 Å². The molecule has 0 aromatic carbocycles. The van der Waals surface area contributed by atoms with E-state index in [-0.39, 0.29) is 0 Å². The Hall–Kier alpha value is -1.92. The largest absolute Gasteiger partial charge is 0.505 e. The molecule has 0 radical (unpaired) electrons. The normalized spacial score (nSPS) is 30.9. The molecule has 2 aliphatic rings. The molecule has 0 saturated carbocycles. The molecule has 25 heavy (non-hydrogen) atoms. The lowest BCUT2D eigenvalue weighted by Crippen LogP contribution is -2.43. The quantitative estimate of drug-likeness (QED) is 0.330. The van der Waals surface area contributed by atoms with Crippen molar-refractivity contribution in [3.63, 3.8) is 0 Å². The molecule has 0 aromatic rings. The molecular weight excluding hydrogens is 344 g/mol. The number of hydrogen-bond donors (Lipinski definition) is 5. The monoisotopic (exact) mass is 364 g/mol. The summed E-state index contributed by atoms with van der Waals surface area (Å²) in [5.41, 5.74) is 0. The van der Waals surface area contributed by atoms with Crippen LogP contribution in [0.5, 0.6) is 0 Å². The summed E-state index contributed by atoms with van der Waals surface area (Å²) in [6, 6.07) is 0. The molecule has 0 aromatic heterocycles. The van der Waals surface area contributed by atoms with Gasteiger partial charge in [-0.1, -0.05) is 0 Å². The predicted octanol–water partition coefficient (Wildman–Crippen LogP) is -1.98. The van der Waals surface area contributed by atoms with Crippen molar-refractivity contribution < 1.29 is 54.1 Å². The lowest BCUT2D eigenvalue weighted by molar-refractivity contribution is -0.175. The van der Waals surface area contributed by atoms with Gasteiger partial charge in [0.2, 0.25) is 5.76 Å². The topological polar surface area (TPSA) is 172 Å². The molecule has 0 bridgehead atoms. The molecule has 2 heterocycles. The fraction of sp³-hybridized carbons (Fsp3) is 0.714. The number of carbonyl (C=O) groups is 2. The van der Waals surface area contributed by atoms with E-state index in [4.69, 9.17) is 24.4 Å². The van der Waals surface area contributed by atoms with E-state index < -0.39 is 73.0 Å². The van der Waals surface area contributed by atoms with Gasteiger partial charge in [0.15, 0.2) is 23.8 Å². The van der Waals surface area contributed by atoms with Crippen molar-refractivity contribution in [2.24, 2.45) is 0 Å². The minimum atomic E-state index is -1.64. The highest BCUT2D eigenvalue weighted by molar-refractivity contribution is 5.89. The molecule has 1 fully saturated rings. The number of cyclic esters (lactones) is 1. The first-order chi connectivity index (χ1) is 11.6. The van der Waals surface area contributed by atoms with E-state index in [1.165, 1.54) is 13.8 Å². The van der Waals surface area contributed by atoms with Crippen molar-refractivity contribution in [3.8, 4) is 0 Å². The molecule has 11 heteroatoms. The highest BCUT2D eigenvalue weighted by Crippen LogP contribution is 2.31. The lowest BCUT2D eigenvalue weighted by atomic mass is 10.1. The molecule has 5 N–H and O–H groups in total. The first-order valence-electron chi connectivity index (χ1n) is 7.39. The SMILES string of the molecule is CC1(C)O[C@H]([C@H](O)CO)[C@H](C(=O)OC[C@H](O)[C@H]2OC(=O)C(O)=C2O)O1. The number of carbonyl (C=O) groups excluding carboxylic acids is 2. The minimum absolute atomic E-state index is 0.674. The van der Waals surface area contributed by atoms with Crippen LogP contribution in [0.1, 0.15) is 13.8 Å². The fourth-order valence-electron chi connectivity index (χ4n) is 2.42. The van der Waals surface area contributed by atoms with Gasteiger partial charge in [-0.25, -0.2) is 9.59 Å². The third-order valence-electron chi connectivity index (χ3n) is 3.61. The van der Waals surface area contributed by atoms with E-state index in [9.17, 15) is 24.9 Å². The van der Waals surface area contributed by atoms with Crippen LogP contribution >= 0.6 is 0 Å². The second kappa shape index (κ2) is 7.14. The van der Waals surface area contributed by atoms with Gasteiger partial charge in [0.05, 0.1) is 6.61 Å². The van der Waals surface area contributed by atoms with Crippen LogP contribution in [0.2, 0.25) is 0 Å². The summed E-state index contributed by atoms with van der Waals surface area (Å²) < 4.78 is 20.0. The molecule has 0 unspecified atom stereocenters. The van der Waals surface area contributed by atoms with Gasteiger partial charge in [0.1, 0.15) is 24.9 Å². The summed E-state index contributed by atoms with van der Waals surface area (Å²) in [6.07, 6.45) is -7.17. The van der Waals surface area contributed by atoms with Gasteiger partial charge in [-0.15, -0.1) is 0 Å². The standard InChI is InChI=1S/C14H20O11/c1-14(2)24-10(5(16)3-15)11(25-14)13(21)22-4-6(17)9-7(18)8(19)12(20)23-9/h5-6,9-11,15-19H,3-4H2,1-2H3/t5-,6+,9-,10-,11-/m1/s1. The van der Waals surface area contributed by atoms with Gasteiger partial charge in [-0.2, -0.15) is 0 Å². The Labute approximate surface area is 142 Å². The Balaban J connectivity index is 1.96. The van der Waals surface area contributed by atoms with Crippen molar-refractivity contribution in [2.45, 2.75) is 50.2 Å². The van der Waals surface area contributed by atoms with Crippen LogP contribution in [0, 0.1) is 0 Å². The minimum Gasteiger partial charge on any atom is -0.505 e. The Morgan fingerprint density at radius 3 is 2.40 bits per heavy atom. The fourth-order valence-corrected chi connectivity index (χ4v) is 2.42. The van der Waals surface area contributed by atoms with E-state index in [1.54, 1.807) is 0 Å². The van der Waals surface area contributed by atoms with Crippen LogP contribution in [0.4, 0.5) is 0 Å². The summed E-state index contributed by atoms with van der Waals surface area (Å²) in [7, 11) is 0. The molecule has 0 spiro atoms. The maximum absolute atomic E-state index is 12.1. The summed E-state index contributed by atoms with van der Waals surface area (Å²) >= 11 is 0. The first-order valence-corrected chi connectivity index (χ1v) is 7.39. The number of hydrogen-bond acceptors (Lipinski definition) is 11. The maximum Gasteiger partial charge on any atom is 0.377 e. The lowest BCUT2D eigenvalue weighted by Gasteiger charge is -2.21. The number of rotatable bonds is 6. The van der Waals surface area contributed by atoms with Crippen LogP contribution in [-0.4, -0.2) is 87.0 Å². The van der Waals surface area contributed by atoms with E-state index in [0.29, 0.717) is 0 Å². The summed E-state index contributed by atoms with van der Waals surface area (Å²) in [5.74, 6) is -5.33. The Kier molecular flexibility index (Phi) is 5.54. The number of ether oxygens (including phenoxy) is 4. The van der Waals surface area contributed by atoms with E-state index >= 15 is 0 Å². The van der Waals surface area contributed by atoms with Crippen molar-refractivity contribution in [1.82, 2.24) is 0 Å². The van der Waals surface area contributed by atoms with Gasteiger partial charge in [0, 0.05) is 0 Å². The average Bonchev–Trinajstić information content (AvgIpc) is 3.02.